The Hall–Kier alpha value is -1.58. The Morgan fingerprint density at radius 3 is 3.00 bits per heavy atom. The minimum atomic E-state index is -0.377. The lowest BCUT2D eigenvalue weighted by Crippen LogP contribution is -2.29. The summed E-state index contributed by atoms with van der Waals surface area (Å²) in [4.78, 5) is 14.3. The van der Waals surface area contributed by atoms with Crippen LogP contribution in [0.15, 0.2) is 18.2 Å². The zero-order valence-corrected chi connectivity index (χ0v) is 11.6. The number of nitrogens with zero attached hydrogens (tertiary/aromatic N) is 1. The van der Waals surface area contributed by atoms with Crippen molar-refractivity contribution in [2.45, 2.75) is 26.2 Å². The highest BCUT2D eigenvalue weighted by molar-refractivity contribution is 5.99. The number of likely N-dealkylation sites (tertiary alicyclic amines) is 1. The van der Waals surface area contributed by atoms with Gasteiger partial charge >= 0.3 is 0 Å². The number of carbonyl (C=O) groups is 1. The van der Waals surface area contributed by atoms with Crippen LogP contribution >= 0.6 is 0 Å². The van der Waals surface area contributed by atoms with Gasteiger partial charge < -0.3 is 10.2 Å². The van der Waals surface area contributed by atoms with Crippen molar-refractivity contribution in [1.82, 2.24) is 4.90 Å². The lowest BCUT2D eigenvalue weighted by atomic mass is 10.0. The summed E-state index contributed by atoms with van der Waals surface area (Å²) < 4.78 is 13.7. The number of amides is 1. The lowest BCUT2D eigenvalue weighted by Gasteiger charge is -2.18. The van der Waals surface area contributed by atoms with Gasteiger partial charge in [0.15, 0.2) is 0 Å². The molecule has 19 heavy (non-hydrogen) atoms. The monoisotopic (exact) mass is 264 g/mol. The van der Waals surface area contributed by atoms with Crippen molar-refractivity contribution in [3.63, 3.8) is 0 Å². The molecule has 2 rings (SSSR count). The number of hydrogen-bond donors (Lipinski definition) is 1. The average molecular weight is 264 g/mol. The van der Waals surface area contributed by atoms with Crippen molar-refractivity contribution in [2.75, 3.05) is 25.5 Å². The maximum Gasteiger partial charge on any atom is 0.256 e. The van der Waals surface area contributed by atoms with Crippen molar-refractivity contribution in [2.24, 2.45) is 5.92 Å². The van der Waals surface area contributed by atoms with Gasteiger partial charge in [0.05, 0.1) is 11.3 Å². The van der Waals surface area contributed by atoms with Gasteiger partial charge in [-0.15, -0.1) is 0 Å². The highest BCUT2D eigenvalue weighted by Gasteiger charge is 2.28. The summed E-state index contributed by atoms with van der Waals surface area (Å²) >= 11 is 0. The summed E-state index contributed by atoms with van der Waals surface area (Å²) in [6.45, 7) is 3.74. The van der Waals surface area contributed by atoms with Gasteiger partial charge in [-0.1, -0.05) is 19.4 Å². The predicted octanol–water partition coefficient (Wildman–Crippen LogP) is 3.13. The smallest absolute Gasteiger partial charge is 0.256 e. The largest absolute Gasteiger partial charge is 0.385 e. The second-order valence-electron chi connectivity index (χ2n) is 5.11. The molecule has 0 bridgehead atoms. The molecule has 1 atom stereocenters. The minimum absolute atomic E-state index is 0.0672. The van der Waals surface area contributed by atoms with Gasteiger partial charge in [-0.2, -0.15) is 0 Å². The van der Waals surface area contributed by atoms with E-state index in [0.29, 0.717) is 17.2 Å². The van der Waals surface area contributed by atoms with Gasteiger partial charge in [0, 0.05) is 20.1 Å². The first kappa shape index (κ1) is 13.8. The van der Waals surface area contributed by atoms with E-state index in [9.17, 15) is 9.18 Å². The van der Waals surface area contributed by atoms with Crippen molar-refractivity contribution >= 4 is 11.6 Å². The van der Waals surface area contributed by atoms with Gasteiger partial charge in [-0.3, -0.25) is 4.79 Å². The number of benzene rings is 1. The molecule has 1 saturated heterocycles. The van der Waals surface area contributed by atoms with Crippen molar-refractivity contribution in [3.8, 4) is 0 Å². The van der Waals surface area contributed by atoms with Crippen molar-refractivity contribution < 1.29 is 9.18 Å². The van der Waals surface area contributed by atoms with Gasteiger partial charge in [0.1, 0.15) is 5.82 Å². The molecular formula is C15H21FN2O. The molecule has 4 heteroatoms. The number of carbonyl (C=O) groups excluding carboxylic acids is 1. The van der Waals surface area contributed by atoms with Gasteiger partial charge in [-0.05, 0) is 30.9 Å². The standard InChI is InChI=1S/C15H21FN2O/c1-3-5-11-8-9-18(10-11)15(19)12-6-4-7-13(16)14(12)17-2/h4,6-7,11,17H,3,5,8-10H2,1-2H3. The SMILES string of the molecule is CCCC1CCN(C(=O)c2cccc(F)c2NC)C1. The van der Waals surface area contributed by atoms with E-state index in [1.807, 2.05) is 4.90 Å². The fourth-order valence-corrected chi connectivity index (χ4v) is 2.79. The van der Waals surface area contributed by atoms with Crippen LogP contribution in [0.25, 0.3) is 0 Å². The van der Waals surface area contributed by atoms with E-state index in [4.69, 9.17) is 0 Å². The number of hydrogen-bond acceptors (Lipinski definition) is 2. The van der Waals surface area contributed by atoms with Crippen LogP contribution in [0.1, 0.15) is 36.5 Å². The Morgan fingerprint density at radius 2 is 2.32 bits per heavy atom. The van der Waals surface area contributed by atoms with Gasteiger partial charge in [0.2, 0.25) is 0 Å². The molecule has 1 N–H and O–H groups in total. The van der Waals surface area contributed by atoms with Crippen LogP contribution in [-0.2, 0) is 0 Å². The molecule has 0 spiro atoms. The number of rotatable bonds is 4. The topological polar surface area (TPSA) is 32.3 Å². The van der Waals surface area contributed by atoms with E-state index >= 15 is 0 Å². The van der Waals surface area contributed by atoms with Gasteiger partial charge in [-0.25, -0.2) is 4.39 Å². The number of para-hydroxylation sites is 1. The Kier molecular flexibility index (Phi) is 4.40. The molecule has 1 fully saturated rings. The maximum absolute atomic E-state index is 13.7. The summed E-state index contributed by atoms with van der Waals surface area (Å²) in [5.74, 6) is 0.153. The first-order valence-corrected chi connectivity index (χ1v) is 6.93. The summed E-state index contributed by atoms with van der Waals surface area (Å²) in [5.41, 5.74) is 0.728. The lowest BCUT2D eigenvalue weighted by molar-refractivity contribution is 0.0787. The zero-order valence-electron chi connectivity index (χ0n) is 11.6. The third kappa shape index (κ3) is 2.88. The Bertz CT molecular complexity index is 461. The molecule has 1 aromatic carbocycles. The molecule has 1 unspecified atom stereocenters. The van der Waals surface area contributed by atoms with E-state index in [-0.39, 0.29) is 11.7 Å². The summed E-state index contributed by atoms with van der Waals surface area (Å²) in [7, 11) is 1.64. The van der Waals surface area contributed by atoms with Crippen LogP contribution in [-0.4, -0.2) is 30.9 Å². The van der Waals surface area contributed by atoms with Crippen molar-refractivity contribution in [1.29, 1.82) is 0 Å². The van der Waals surface area contributed by atoms with E-state index < -0.39 is 0 Å². The van der Waals surface area contributed by atoms with Crippen LogP contribution in [0.2, 0.25) is 0 Å². The summed E-state index contributed by atoms with van der Waals surface area (Å²) in [6.07, 6.45) is 3.37. The second-order valence-corrected chi connectivity index (χ2v) is 5.11. The van der Waals surface area contributed by atoms with Crippen LogP contribution in [0, 0.1) is 11.7 Å². The third-order valence-electron chi connectivity index (χ3n) is 3.76. The first-order chi connectivity index (χ1) is 9.17. The molecule has 1 aliphatic heterocycles. The van der Waals surface area contributed by atoms with Gasteiger partial charge in [0.25, 0.3) is 5.91 Å². The molecule has 0 radical (unpaired) electrons. The molecule has 104 valence electrons. The molecule has 1 heterocycles. The predicted molar refractivity (Wildman–Crippen MR) is 74.9 cm³/mol. The second kappa shape index (κ2) is 6.04. The highest BCUT2D eigenvalue weighted by Crippen LogP contribution is 2.26. The zero-order chi connectivity index (χ0) is 13.8. The molecule has 1 amide bonds. The fourth-order valence-electron chi connectivity index (χ4n) is 2.79. The van der Waals surface area contributed by atoms with Crippen LogP contribution in [0.3, 0.4) is 0 Å². The molecule has 0 aliphatic carbocycles. The van der Waals surface area contributed by atoms with E-state index in [1.165, 1.54) is 6.07 Å². The molecule has 1 aliphatic rings. The molecule has 0 aromatic heterocycles. The molecule has 1 aromatic rings. The highest BCUT2D eigenvalue weighted by atomic mass is 19.1. The van der Waals surface area contributed by atoms with Crippen LogP contribution in [0.4, 0.5) is 10.1 Å². The summed E-state index contributed by atoms with van der Waals surface area (Å²) in [5, 5.41) is 2.78. The normalized spacial score (nSPS) is 18.7. The fraction of sp³-hybridized carbons (Fsp3) is 0.533. The Labute approximate surface area is 113 Å². The van der Waals surface area contributed by atoms with Crippen LogP contribution in [0.5, 0.6) is 0 Å². The first-order valence-electron chi connectivity index (χ1n) is 6.93. The molecule has 0 saturated carbocycles. The minimum Gasteiger partial charge on any atom is -0.385 e. The molecule has 3 nitrogen and oxygen atoms in total. The number of anilines is 1. The maximum atomic E-state index is 13.7. The van der Waals surface area contributed by atoms with E-state index in [0.717, 1.165) is 32.4 Å². The average Bonchev–Trinajstić information content (AvgIpc) is 2.86. The quantitative estimate of drug-likeness (QED) is 0.906. The van der Waals surface area contributed by atoms with Crippen LogP contribution < -0.4 is 5.32 Å². The Balaban J connectivity index is 2.15. The van der Waals surface area contributed by atoms with Crippen molar-refractivity contribution in [3.05, 3.63) is 29.6 Å². The molecular weight excluding hydrogens is 243 g/mol. The third-order valence-corrected chi connectivity index (χ3v) is 3.76. The number of nitrogens with one attached hydrogen (secondary N) is 1. The number of halogens is 1. The summed E-state index contributed by atoms with van der Waals surface area (Å²) in [6, 6.07) is 4.64. The van der Waals surface area contributed by atoms with E-state index in [2.05, 4.69) is 12.2 Å². The van der Waals surface area contributed by atoms with E-state index in [1.54, 1.807) is 19.2 Å². The Morgan fingerprint density at radius 1 is 1.53 bits per heavy atom.